The van der Waals surface area contributed by atoms with E-state index in [0.29, 0.717) is 25.9 Å². The molecular formula is C23H45F2NO6S2. The molecule has 1 fully saturated rings. The standard InChI is InChI=1S/C23H45F2NO6S2/c1-7-19(18-21(9-3,10-4)34(30,31)26-16-14-13-15-17-26)32-22(11-5,12-6)23(24,25)20(8-2)33(27,28)29/h19-20H,7-18H2,1-6H3,(H,27,28,29). The van der Waals surface area contributed by atoms with Gasteiger partial charge in [0.1, 0.15) is 5.60 Å². The minimum Gasteiger partial charge on any atom is -0.365 e. The first kappa shape index (κ1) is 31.7. The number of hydrogen-bond donors (Lipinski definition) is 1. The van der Waals surface area contributed by atoms with Crippen LogP contribution in [0.25, 0.3) is 0 Å². The molecule has 0 aromatic rings. The summed E-state index contributed by atoms with van der Waals surface area (Å²) in [4.78, 5) is 0. The molecule has 34 heavy (non-hydrogen) atoms. The van der Waals surface area contributed by atoms with Gasteiger partial charge in [-0.15, -0.1) is 0 Å². The van der Waals surface area contributed by atoms with Gasteiger partial charge in [0.05, 0.1) is 10.9 Å². The lowest BCUT2D eigenvalue weighted by atomic mass is 9.85. The second kappa shape index (κ2) is 12.3. The lowest BCUT2D eigenvalue weighted by Gasteiger charge is -2.46. The van der Waals surface area contributed by atoms with Crippen molar-refractivity contribution in [3.8, 4) is 0 Å². The highest BCUT2D eigenvalue weighted by Gasteiger charge is 2.61. The summed E-state index contributed by atoms with van der Waals surface area (Å²) in [5, 5.41) is -2.31. The largest absolute Gasteiger partial charge is 0.365 e. The summed E-state index contributed by atoms with van der Waals surface area (Å²) in [7, 11) is -8.74. The predicted octanol–water partition coefficient (Wildman–Crippen LogP) is 5.41. The number of alkyl halides is 2. The lowest BCUT2D eigenvalue weighted by molar-refractivity contribution is -0.236. The fourth-order valence-electron chi connectivity index (χ4n) is 5.31. The predicted molar refractivity (Wildman–Crippen MR) is 131 cm³/mol. The molecule has 2 atom stereocenters. The van der Waals surface area contributed by atoms with E-state index in [1.165, 1.54) is 25.1 Å². The van der Waals surface area contributed by atoms with Gasteiger partial charge in [-0.1, -0.05) is 48.0 Å². The van der Waals surface area contributed by atoms with Crippen LogP contribution in [0.1, 0.15) is 106 Å². The van der Waals surface area contributed by atoms with Gasteiger partial charge in [0.25, 0.3) is 16.0 Å². The first-order valence-corrected chi connectivity index (χ1v) is 15.6. The van der Waals surface area contributed by atoms with Crippen molar-refractivity contribution in [1.29, 1.82) is 0 Å². The molecule has 1 saturated heterocycles. The van der Waals surface area contributed by atoms with E-state index in [4.69, 9.17) is 4.74 Å². The minimum absolute atomic E-state index is 0.0375. The van der Waals surface area contributed by atoms with E-state index in [9.17, 15) is 21.4 Å². The SMILES string of the molecule is CCC(CC(CC)(CC)S(=O)(=O)N1CCCCC1)OC(CC)(CC)C(F)(F)C(CC)S(=O)(=O)O. The first-order valence-electron chi connectivity index (χ1n) is 12.7. The minimum atomic E-state index is -5.03. The van der Waals surface area contributed by atoms with Crippen molar-refractivity contribution >= 4 is 20.1 Å². The van der Waals surface area contributed by atoms with Crippen LogP contribution in [0.2, 0.25) is 0 Å². The van der Waals surface area contributed by atoms with Gasteiger partial charge in [-0.25, -0.2) is 21.5 Å². The molecule has 1 rings (SSSR count). The summed E-state index contributed by atoms with van der Waals surface area (Å²) in [6.45, 7) is 10.5. The third-order valence-corrected chi connectivity index (χ3v) is 12.1. The third kappa shape index (κ3) is 6.12. The second-order valence-corrected chi connectivity index (χ2v) is 13.4. The van der Waals surface area contributed by atoms with Gasteiger partial charge in [-0.2, -0.15) is 8.42 Å². The Balaban J connectivity index is 3.42. The molecule has 2 unspecified atom stereocenters. The van der Waals surface area contributed by atoms with Gasteiger partial charge in [0.2, 0.25) is 10.0 Å². The van der Waals surface area contributed by atoms with E-state index in [1.54, 1.807) is 20.8 Å². The van der Waals surface area contributed by atoms with Gasteiger partial charge >= 0.3 is 0 Å². The number of rotatable bonds is 15. The van der Waals surface area contributed by atoms with Crippen molar-refractivity contribution in [3.63, 3.8) is 0 Å². The molecule has 7 nitrogen and oxygen atoms in total. The Labute approximate surface area is 205 Å². The molecule has 1 N–H and O–H groups in total. The van der Waals surface area contributed by atoms with Crippen LogP contribution in [0.15, 0.2) is 0 Å². The van der Waals surface area contributed by atoms with Crippen molar-refractivity contribution < 1.29 is 34.9 Å². The number of piperidine rings is 1. The number of halogens is 2. The van der Waals surface area contributed by atoms with Crippen molar-refractivity contribution in [2.24, 2.45) is 0 Å². The van der Waals surface area contributed by atoms with E-state index in [2.05, 4.69) is 0 Å². The quantitative estimate of drug-likeness (QED) is 0.283. The second-order valence-electron chi connectivity index (χ2n) is 9.44. The van der Waals surface area contributed by atoms with Gasteiger partial charge in [-0.3, -0.25) is 4.55 Å². The van der Waals surface area contributed by atoms with Crippen molar-refractivity contribution in [3.05, 3.63) is 0 Å². The Kier molecular flexibility index (Phi) is 11.4. The normalized spacial score (nSPS) is 19.2. The highest BCUT2D eigenvalue weighted by Crippen LogP contribution is 2.46. The van der Waals surface area contributed by atoms with Crippen molar-refractivity contribution in [2.75, 3.05) is 13.1 Å². The molecule has 1 aliphatic heterocycles. The lowest BCUT2D eigenvalue weighted by Crippen LogP contribution is -2.60. The Morgan fingerprint density at radius 3 is 1.71 bits per heavy atom. The molecule has 0 saturated carbocycles. The van der Waals surface area contributed by atoms with Gasteiger partial charge in [-0.05, 0) is 57.8 Å². The molecule has 0 aromatic heterocycles. The molecule has 0 aliphatic carbocycles. The van der Waals surface area contributed by atoms with E-state index >= 15 is 8.78 Å². The summed E-state index contributed by atoms with van der Waals surface area (Å²) in [5.74, 6) is -3.88. The van der Waals surface area contributed by atoms with Crippen LogP contribution in [0, 0.1) is 0 Å². The fraction of sp³-hybridized carbons (Fsp3) is 1.00. The van der Waals surface area contributed by atoms with E-state index in [0.717, 1.165) is 19.3 Å². The third-order valence-electron chi connectivity index (χ3n) is 7.82. The monoisotopic (exact) mass is 533 g/mol. The van der Waals surface area contributed by atoms with Gasteiger partial charge in [0.15, 0.2) is 5.25 Å². The molecular weight excluding hydrogens is 488 g/mol. The molecule has 0 spiro atoms. The zero-order valence-corrected chi connectivity index (χ0v) is 23.3. The Morgan fingerprint density at radius 2 is 1.35 bits per heavy atom. The van der Waals surface area contributed by atoms with E-state index in [-0.39, 0.29) is 25.7 Å². The average molecular weight is 534 g/mol. The maximum atomic E-state index is 15.7. The summed E-state index contributed by atoms with van der Waals surface area (Å²) in [6, 6.07) is 0. The summed E-state index contributed by atoms with van der Waals surface area (Å²) >= 11 is 0. The van der Waals surface area contributed by atoms with Crippen molar-refractivity contribution in [1.82, 2.24) is 4.31 Å². The Bertz CT molecular complexity index is 834. The topological polar surface area (TPSA) is 101 Å². The summed E-state index contributed by atoms with van der Waals surface area (Å²) in [5.41, 5.74) is -2.16. The van der Waals surface area contributed by atoms with E-state index < -0.39 is 54.2 Å². The molecule has 0 amide bonds. The molecule has 1 heterocycles. The van der Waals surface area contributed by atoms with E-state index in [1.807, 2.05) is 0 Å². The molecule has 11 heteroatoms. The molecule has 0 bridgehead atoms. The molecule has 0 aromatic carbocycles. The number of hydrogen-bond acceptors (Lipinski definition) is 5. The molecule has 1 aliphatic rings. The fourth-order valence-corrected chi connectivity index (χ4v) is 8.73. The first-order chi connectivity index (χ1) is 15.7. The highest BCUT2D eigenvalue weighted by molar-refractivity contribution is 7.90. The number of sulfonamides is 1. The smallest absolute Gasteiger partial charge is 0.295 e. The number of ether oxygens (including phenoxy) is 1. The summed E-state index contributed by atoms with van der Waals surface area (Å²) < 4.78 is 98.5. The maximum Gasteiger partial charge on any atom is 0.295 e. The average Bonchev–Trinajstić information content (AvgIpc) is 2.79. The molecule has 0 radical (unpaired) electrons. The maximum absolute atomic E-state index is 15.7. The zero-order valence-electron chi connectivity index (χ0n) is 21.6. The van der Waals surface area contributed by atoms with Crippen LogP contribution in [0.4, 0.5) is 8.78 Å². The zero-order chi connectivity index (χ0) is 26.4. The Hall–Kier alpha value is -0.360. The Morgan fingerprint density at radius 1 is 0.853 bits per heavy atom. The van der Waals surface area contributed by atoms with Crippen LogP contribution in [-0.2, 0) is 24.9 Å². The van der Waals surface area contributed by atoms with Crippen molar-refractivity contribution in [2.45, 2.75) is 133 Å². The van der Waals surface area contributed by atoms with Crippen LogP contribution < -0.4 is 0 Å². The van der Waals surface area contributed by atoms with Crippen LogP contribution in [-0.4, -0.2) is 66.4 Å². The van der Waals surface area contributed by atoms with Crippen LogP contribution in [0.5, 0.6) is 0 Å². The van der Waals surface area contributed by atoms with Gasteiger partial charge in [0, 0.05) is 13.1 Å². The number of nitrogens with zero attached hydrogens (tertiary/aromatic N) is 1. The van der Waals surface area contributed by atoms with Crippen LogP contribution >= 0.6 is 0 Å². The van der Waals surface area contributed by atoms with Gasteiger partial charge < -0.3 is 4.74 Å². The van der Waals surface area contributed by atoms with Crippen LogP contribution in [0.3, 0.4) is 0 Å². The summed E-state index contributed by atoms with van der Waals surface area (Å²) in [6.07, 6.45) is 1.83. The molecule has 204 valence electrons. The highest BCUT2D eigenvalue weighted by atomic mass is 32.2.